The van der Waals surface area contributed by atoms with E-state index in [-0.39, 0.29) is 23.7 Å². The molecule has 0 aromatic rings. The van der Waals surface area contributed by atoms with E-state index >= 15 is 0 Å². The van der Waals surface area contributed by atoms with E-state index in [2.05, 4.69) is 0 Å². The number of hydrogen-bond donors (Lipinski definition) is 1. The first-order valence-electron chi connectivity index (χ1n) is 5.96. The SMILES string of the molecule is CCCS(=O)(=O)CCOCC(N)(CC)CC. The lowest BCUT2D eigenvalue weighted by molar-refractivity contribution is 0.0916. The summed E-state index contributed by atoms with van der Waals surface area (Å²) in [5, 5.41) is 0. The number of nitrogens with two attached hydrogens (primary N) is 1. The first kappa shape index (κ1) is 15.9. The third-order valence-electron chi connectivity index (χ3n) is 2.85. The van der Waals surface area contributed by atoms with Crippen molar-refractivity contribution < 1.29 is 13.2 Å². The molecule has 0 rings (SSSR count). The molecule has 0 aliphatic carbocycles. The molecule has 0 saturated carbocycles. The minimum Gasteiger partial charge on any atom is -0.378 e. The minimum absolute atomic E-state index is 0.102. The second kappa shape index (κ2) is 7.25. The van der Waals surface area contributed by atoms with Crippen molar-refractivity contribution in [3.8, 4) is 0 Å². The molecule has 16 heavy (non-hydrogen) atoms. The van der Waals surface area contributed by atoms with E-state index in [1.807, 2.05) is 20.8 Å². The summed E-state index contributed by atoms with van der Waals surface area (Å²) in [6, 6.07) is 0. The Morgan fingerprint density at radius 3 is 2.12 bits per heavy atom. The second-order valence-electron chi connectivity index (χ2n) is 4.27. The predicted molar refractivity (Wildman–Crippen MR) is 67.3 cm³/mol. The van der Waals surface area contributed by atoms with Crippen LogP contribution in [-0.4, -0.2) is 38.7 Å². The molecular formula is C11H25NO3S. The Morgan fingerprint density at radius 1 is 1.12 bits per heavy atom. The Labute approximate surface area is 99.5 Å². The van der Waals surface area contributed by atoms with Crippen molar-refractivity contribution in [3.05, 3.63) is 0 Å². The number of rotatable bonds is 9. The summed E-state index contributed by atoms with van der Waals surface area (Å²) < 4.78 is 28.1. The first-order chi connectivity index (χ1) is 7.39. The smallest absolute Gasteiger partial charge is 0.152 e. The van der Waals surface area contributed by atoms with E-state index in [1.54, 1.807) is 0 Å². The van der Waals surface area contributed by atoms with Gasteiger partial charge in [0.1, 0.15) is 0 Å². The fourth-order valence-corrected chi connectivity index (χ4v) is 2.53. The lowest BCUT2D eigenvalue weighted by Crippen LogP contribution is -2.43. The third-order valence-corrected chi connectivity index (χ3v) is 4.67. The van der Waals surface area contributed by atoms with E-state index in [9.17, 15) is 8.42 Å². The molecule has 0 aliphatic heterocycles. The molecule has 0 bridgehead atoms. The molecule has 4 nitrogen and oxygen atoms in total. The maximum Gasteiger partial charge on any atom is 0.152 e. The van der Waals surface area contributed by atoms with Gasteiger partial charge in [-0.3, -0.25) is 0 Å². The number of sulfone groups is 1. The Bertz CT molecular complexity index is 271. The molecule has 2 N–H and O–H groups in total. The molecular weight excluding hydrogens is 226 g/mol. The van der Waals surface area contributed by atoms with Gasteiger partial charge >= 0.3 is 0 Å². The van der Waals surface area contributed by atoms with Gasteiger partial charge in [-0.15, -0.1) is 0 Å². The van der Waals surface area contributed by atoms with Crippen LogP contribution in [0.3, 0.4) is 0 Å². The largest absolute Gasteiger partial charge is 0.378 e. The Kier molecular flexibility index (Phi) is 7.19. The van der Waals surface area contributed by atoms with Crippen LogP contribution in [0.4, 0.5) is 0 Å². The normalized spacial score (nSPS) is 13.0. The standard InChI is InChI=1S/C11H25NO3S/c1-4-8-16(13,14)9-7-15-10-11(12,5-2)6-3/h4-10,12H2,1-3H3. The maximum atomic E-state index is 11.4. The van der Waals surface area contributed by atoms with Gasteiger partial charge in [0.05, 0.1) is 19.0 Å². The molecule has 0 spiro atoms. The van der Waals surface area contributed by atoms with Crippen LogP contribution >= 0.6 is 0 Å². The summed E-state index contributed by atoms with van der Waals surface area (Å²) in [7, 11) is -2.93. The van der Waals surface area contributed by atoms with E-state index in [1.165, 1.54) is 0 Å². The van der Waals surface area contributed by atoms with E-state index in [0.29, 0.717) is 13.0 Å². The van der Waals surface area contributed by atoms with Crippen molar-refractivity contribution in [2.24, 2.45) is 5.73 Å². The van der Waals surface area contributed by atoms with Crippen LogP contribution in [0.1, 0.15) is 40.0 Å². The Hall–Kier alpha value is -0.130. The summed E-state index contributed by atoms with van der Waals surface area (Å²) in [5.41, 5.74) is 5.72. The van der Waals surface area contributed by atoms with Gasteiger partial charge in [-0.25, -0.2) is 8.42 Å². The van der Waals surface area contributed by atoms with Crippen molar-refractivity contribution in [3.63, 3.8) is 0 Å². The Balaban J connectivity index is 3.84. The quantitative estimate of drug-likeness (QED) is 0.628. The van der Waals surface area contributed by atoms with Gasteiger partial charge in [0.2, 0.25) is 0 Å². The molecule has 0 heterocycles. The highest BCUT2D eigenvalue weighted by Crippen LogP contribution is 2.11. The van der Waals surface area contributed by atoms with Gasteiger partial charge in [-0.1, -0.05) is 20.8 Å². The lowest BCUT2D eigenvalue weighted by Gasteiger charge is -2.26. The molecule has 0 radical (unpaired) electrons. The lowest BCUT2D eigenvalue weighted by atomic mass is 9.96. The van der Waals surface area contributed by atoms with Crippen molar-refractivity contribution in [2.75, 3.05) is 24.7 Å². The van der Waals surface area contributed by atoms with Crippen LogP contribution in [0.15, 0.2) is 0 Å². The average Bonchev–Trinajstić information content (AvgIpc) is 2.24. The highest BCUT2D eigenvalue weighted by atomic mass is 32.2. The summed E-state index contributed by atoms with van der Waals surface area (Å²) in [6.45, 7) is 6.57. The van der Waals surface area contributed by atoms with Gasteiger partial charge in [-0.05, 0) is 19.3 Å². The van der Waals surface area contributed by atoms with Gasteiger partial charge in [0, 0.05) is 11.3 Å². The van der Waals surface area contributed by atoms with Crippen LogP contribution in [-0.2, 0) is 14.6 Å². The topological polar surface area (TPSA) is 69.4 Å². The number of ether oxygens (including phenoxy) is 1. The monoisotopic (exact) mass is 251 g/mol. The van der Waals surface area contributed by atoms with Crippen LogP contribution < -0.4 is 5.73 Å². The fraction of sp³-hybridized carbons (Fsp3) is 1.00. The molecule has 98 valence electrons. The molecule has 0 fully saturated rings. The molecule has 5 heteroatoms. The van der Waals surface area contributed by atoms with Crippen molar-refractivity contribution >= 4 is 9.84 Å². The molecule has 0 aliphatic rings. The van der Waals surface area contributed by atoms with Crippen LogP contribution in [0.25, 0.3) is 0 Å². The predicted octanol–water partition coefficient (Wildman–Crippen LogP) is 1.35. The summed E-state index contributed by atoms with van der Waals surface area (Å²) >= 11 is 0. The van der Waals surface area contributed by atoms with E-state index in [4.69, 9.17) is 10.5 Å². The van der Waals surface area contributed by atoms with Crippen molar-refractivity contribution in [2.45, 2.75) is 45.6 Å². The molecule has 0 aromatic heterocycles. The van der Waals surface area contributed by atoms with Gasteiger partial charge in [0.15, 0.2) is 9.84 Å². The summed E-state index contributed by atoms with van der Waals surface area (Å²) in [6.07, 6.45) is 2.34. The zero-order valence-corrected chi connectivity index (χ0v) is 11.5. The fourth-order valence-electron chi connectivity index (χ4n) is 1.33. The van der Waals surface area contributed by atoms with Gasteiger partial charge in [-0.2, -0.15) is 0 Å². The molecule has 0 saturated heterocycles. The van der Waals surface area contributed by atoms with E-state index in [0.717, 1.165) is 12.8 Å². The van der Waals surface area contributed by atoms with Gasteiger partial charge < -0.3 is 10.5 Å². The zero-order chi connectivity index (χ0) is 12.7. The van der Waals surface area contributed by atoms with Crippen molar-refractivity contribution in [1.29, 1.82) is 0 Å². The highest BCUT2D eigenvalue weighted by molar-refractivity contribution is 7.91. The zero-order valence-electron chi connectivity index (χ0n) is 10.7. The summed E-state index contributed by atoms with van der Waals surface area (Å²) in [5.74, 6) is 0.343. The van der Waals surface area contributed by atoms with Crippen molar-refractivity contribution in [1.82, 2.24) is 0 Å². The molecule has 0 amide bonds. The van der Waals surface area contributed by atoms with Crippen LogP contribution in [0.5, 0.6) is 0 Å². The van der Waals surface area contributed by atoms with Crippen LogP contribution in [0, 0.1) is 0 Å². The molecule has 0 unspecified atom stereocenters. The second-order valence-corrected chi connectivity index (χ2v) is 6.58. The maximum absolute atomic E-state index is 11.4. The molecule has 0 aromatic carbocycles. The minimum atomic E-state index is -2.93. The molecule has 0 atom stereocenters. The van der Waals surface area contributed by atoms with Gasteiger partial charge in [0.25, 0.3) is 0 Å². The Morgan fingerprint density at radius 2 is 1.69 bits per heavy atom. The first-order valence-corrected chi connectivity index (χ1v) is 7.78. The van der Waals surface area contributed by atoms with E-state index < -0.39 is 9.84 Å². The van der Waals surface area contributed by atoms with Crippen LogP contribution in [0.2, 0.25) is 0 Å². The summed E-state index contributed by atoms with van der Waals surface area (Å²) in [4.78, 5) is 0. The number of hydrogen-bond acceptors (Lipinski definition) is 4. The highest BCUT2D eigenvalue weighted by Gasteiger charge is 2.20. The third kappa shape index (κ3) is 6.45. The average molecular weight is 251 g/mol.